The first kappa shape index (κ1) is 28.4. The minimum Gasteiger partial charge on any atom is -0.393 e. The number of oxime groups is 1. The van der Waals surface area contributed by atoms with Crippen LogP contribution in [0.15, 0.2) is 77.1 Å². The first-order valence-corrected chi connectivity index (χ1v) is 13.6. The van der Waals surface area contributed by atoms with Crippen LogP contribution in [0.2, 0.25) is 0 Å². The fourth-order valence-electron chi connectivity index (χ4n) is 6.17. The van der Waals surface area contributed by atoms with E-state index in [1.54, 1.807) is 11.6 Å². The number of allylic oxidation sites excluding steroid dienone is 7. The molecule has 0 amide bonds. The van der Waals surface area contributed by atoms with Crippen LogP contribution in [0.5, 0.6) is 0 Å². The molecule has 0 aromatic carbocycles. The Balaban J connectivity index is 1.71. The molecule has 0 bridgehead atoms. The molecule has 0 saturated heterocycles. The largest absolute Gasteiger partial charge is 0.393 e. The lowest BCUT2D eigenvalue weighted by Gasteiger charge is -2.42. The highest BCUT2D eigenvalue weighted by molar-refractivity contribution is 5.98. The molecule has 2 fully saturated rings. The normalized spacial score (nSPS) is 32.6. The second-order valence-electron chi connectivity index (χ2n) is 12.1. The molecule has 4 nitrogen and oxygen atoms in total. The number of nitrogens with zero attached hydrogens (tertiary/aromatic N) is 1. The molecule has 0 unspecified atom stereocenters. The van der Waals surface area contributed by atoms with Gasteiger partial charge in [-0.2, -0.15) is 0 Å². The predicted octanol–water partition coefficient (Wildman–Crippen LogP) is 7.23. The molecule has 2 N–H and O–H groups in total. The van der Waals surface area contributed by atoms with Crippen molar-refractivity contribution in [3.05, 3.63) is 71.9 Å². The molecule has 5 atom stereocenters. The minimum atomic E-state index is -0.638. The lowest BCUT2D eigenvalue weighted by atomic mass is 9.62. The van der Waals surface area contributed by atoms with Crippen LogP contribution in [0.1, 0.15) is 79.6 Å². The van der Waals surface area contributed by atoms with Gasteiger partial charge in [-0.1, -0.05) is 94.5 Å². The van der Waals surface area contributed by atoms with E-state index in [4.69, 9.17) is 4.84 Å². The standard InChI is InChI=1S/C32H47NO3/c1-8-19-36-33-30(31(4,5)6)13-9-11-22(2)27-16-17-28-24(12-10-18-32(27,28)7)14-15-25-20-26(34)21-29(35)23(25)3/h8-9,13-16,22,26,28-29,34-35H,1,3,10-12,17-21H2,2,4-7H3/t22-,26+,28-,29-,32+/m0/s1. The van der Waals surface area contributed by atoms with Gasteiger partial charge in [-0.25, -0.2) is 0 Å². The number of fused-ring (bicyclic) bond motifs is 1. The number of hydrogen-bond donors (Lipinski definition) is 2. The van der Waals surface area contributed by atoms with Gasteiger partial charge in [0.15, 0.2) is 0 Å². The van der Waals surface area contributed by atoms with Gasteiger partial charge in [0.25, 0.3) is 0 Å². The molecule has 0 aliphatic heterocycles. The Hall–Kier alpha value is -2.17. The van der Waals surface area contributed by atoms with Crippen LogP contribution in [0.4, 0.5) is 0 Å². The van der Waals surface area contributed by atoms with E-state index in [9.17, 15) is 10.2 Å². The van der Waals surface area contributed by atoms with Crippen molar-refractivity contribution >= 4 is 5.71 Å². The summed E-state index contributed by atoms with van der Waals surface area (Å²) in [6.45, 7) is 19.4. The van der Waals surface area contributed by atoms with Gasteiger partial charge in [-0.3, -0.25) is 0 Å². The van der Waals surface area contributed by atoms with Gasteiger partial charge in [0.05, 0.1) is 17.9 Å². The summed E-state index contributed by atoms with van der Waals surface area (Å²) in [6, 6.07) is 0. The number of rotatable bonds is 8. The zero-order valence-electron chi connectivity index (χ0n) is 23.1. The Kier molecular flexibility index (Phi) is 9.40. The van der Waals surface area contributed by atoms with Crippen molar-refractivity contribution in [2.45, 2.75) is 91.8 Å². The average Bonchev–Trinajstić information content (AvgIpc) is 3.16. The summed E-state index contributed by atoms with van der Waals surface area (Å²) in [6.07, 6.45) is 18.4. The Morgan fingerprint density at radius 2 is 2.06 bits per heavy atom. The summed E-state index contributed by atoms with van der Waals surface area (Å²) in [4.78, 5) is 5.38. The third kappa shape index (κ3) is 6.58. The van der Waals surface area contributed by atoms with Crippen LogP contribution >= 0.6 is 0 Å². The van der Waals surface area contributed by atoms with Crippen molar-refractivity contribution in [2.24, 2.45) is 27.8 Å². The third-order valence-corrected chi connectivity index (χ3v) is 8.30. The van der Waals surface area contributed by atoms with Gasteiger partial charge in [0, 0.05) is 11.8 Å². The summed E-state index contributed by atoms with van der Waals surface area (Å²) >= 11 is 0. The van der Waals surface area contributed by atoms with Crippen LogP contribution < -0.4 is 0 Å². The van der Waals surface area contributed by atoms with Gasteiger partial charge in [-0.05, 0) is 73.0 Å². The highest BCUT2D eigenvalue weighted by atomic mass is 16.6. The highest BCUT2D eigenvalue weighted by Crippen LogP contribution is 2.57. The lowest BCUT2D eigenvalue weighted by molar-refractivity contribution is 0.0862. The van der Waals surface area contributed by atoms with E-state index in [0.717, 1.165) is 36.1 Å². The molecule has 0 spiro atoms. The summed E-state index contributed by atoms with van der Waals surface area (Å²) in [5.74, 6) is 0.989. The first-order chi connectivity index (χ1) is 17.0. The van der Waals surface area contributed by atoms with Crippen LogP contribution in [0.3, 0.4) is 0 Å². The molecule has 198 valence electrons. The quantitative estimate of drug-likeness (QED) is 0.162. The van der Waals surface area contributed by atoms with Crippen LogP contribution in [-0.2, 0) is 4.84 Å². The van der Waals surface area contributed by atoms with E-state index < -0.39 is 12.2 Å². The van der Waals surface area contributed by atoms with E-state index in [2.05, 4.69) is 83.3 Å². The number of aliphatic hydroxyl groups is 2. The van der Waals surface area contributed by atoms with Gasteiger partial charge in [0.2, 0.25) is 0 Å². The fraction of sp³-hybridized carbons (Fsp3) is 0.594. The maximum absolute atomic E-state index is 10.2. The molecule has 3 aliphatic rings. The summed E-state index contributed by atoms with van der Waals surface area (Å²) in [5, 5.41) is 24.6. The Morgan fingerprint density at radius 3 is 2.75 bits per heavy atom. The van der Waals surface area contributed by atoms with Crippen LogP contribution in [0.25, 0.3) is 0 Å². The summed E-state index contributed by atoms with van der Waals surface area (Å²) in [7, 11) is 0. The monoisotopic (exact) mass is 493 g/mol. The molecule has 3 aliphatic carbocycles. The van der Waals surface area contributed by atoms with Gasteiger partial charge in [0.1, 0.15) is 6.61 Å². The van der Waals surface area contributed by atoms with Crippen LogP contribution in [-0.4, -0.2) is 34.7 Å². The zero-order valence-corrected chi connectivity index (χ0v) is 23.1. The lowest BCUT2D eigenvalue weighted by Crippen LogP contribution is -2.32. The van der Waals surface area contributed by atoms with Crippen LogP contribution in [0, 0.1) is 22.7 Å². The minimum absolute atomic E-state index is 0.0854. The van der Waals surface area contributed by atoms with Gasteiger partial charge in [-0.15, -0.1) is 0 Å². The smallest absolute Gasteiger partial charge is 0.135 e. The number of hydrogen-bond acceptors (Lipinski definition) is 4. The molecular formula is C32H47NO3. The zero-order chi connectivity index (χ0) is 26.5. The Morgan fingerprint density at radius 1 is 1.31 bits per heavy atom. The molecule has 36 heavy (non-hydrogen) atoms. The molecule has 4 heteroatoms. The second-order valence-corrected chi connectivity index (χ2v) is 12.1. The van der Waals surface area contributed by atoms with E-state index in [1.165, 1.54) is 18.4 Å². The van der Waals surface area contributed by atoms with Crippen molar-refractivity contribution in [1.82, 2.24) is 0 Å². The van der Waals surface area contributed by atoms with E-state index in [0.29, 0.717) is 31.3 Å². The maximum atomic E-state index is 10.2. The molecule has 0 heterocycles. The molecule has 0 aromatic heterocycles. The second kappa shape index (κ2) is 11.9. The van der Waals surface area contributed by atoms with E-state index in [-0.39, 0.29) is 10.8 Å². The Bertz CT molecular complexity index is 974. The van der Waals surface area contributed by atoms with Crippen molar-refractivity contribution in [1.29, 1.82) is 0 Å². The van der Waals surface area contributed by atoms with Crippen molar-refractivity contribution in [3.63, 3.8) is 0 Å². The van der Waals surface area contributed by atoms with Crippen molar-refractivity contribution in [2.75, 3.05) is 6.61 Å². The summed E-state index contributed by atoms with van der Waals surface area (Å²) in [5.41, 5.74) is 5.87. The van der Waals surface area contributed by atoms with Gasteiger partial charge >= 0.3 is 0 Å². The fourth-order valence-corrected chi connectivity index (χ4v) is 6.17. The molecular weight excluding hydrogens is 446 g/mol. The predicted molar refractivity (Wildman–Crippen MR) is 151 cm³/mol. The molecule has 0 radical (unpaired) electrons. The van der Waals surface area contributed by atoms with E-state index in [1.807, 2.05) is 0 Å². The highest BCUT2D eigenvalue weighted by Gasteiger charge is 2.45. The first-order valence-electron chi connectivity index (χ1n) is 13.6. The SMILES string of the molecule is C=CCON=C(C=CC[C@H](C)C1=CC[C@H]2C(=CC=C3C[C@@H](O)C[C@H](O)C3=C)CCC[C@]12C)C(C)(C)C. The van der Waals surface area contributed by atoms with E-state index >= 15 is 0 Å². The van der Waals surface area contributed by atoms with Crippen molar-refractivity contribution in [3.8, 4) is 0 Å². The molecule has 2 saturated carbocycles. The Labute approximate surface area is 218 Å². The molecule has 0 aromatic rings. The molecule has 3 rings (SSSR count). The number of aliphatic hydroxyl groups excluding tert-OH is 2. The average molecular weight is 494 g/mol. The summed E-state index contributed by atoms with van der Waals surface area (Å²) < 4.78 is 0. The van der Waals surface area contributed by atoms with Gasteiger partial charge < -0.3 is 15.1 Å². The van der Waals surface area contributed by atoms with Crippen molar-refractivity contribution < 1.29 is 15.1 Å². The maximum Gasteiger partial charge on any atom is 0.135 e. The third-order valence-electron chi connectivity index (χ3n) is 8.30. The topological polar surface area (TPSA) is 62.0 Å².